The zero-order valence-electron chi connectivity index (χ0n) is 16.3. The molecule has 1 N–H and O–H groups in total. The minimum absolute atomic E-state index is 0.112. The quantitative estimate of drug-likeness (QED) is 0.462. The van der Waals surface area contributed by atoms with Gasteiger partial charge in [0.25, 0.3) is 5.22 Å². The van der Waals surface area contributed by atoms with E-state index in [-0.39, 0.29) is 11.7 Å². The van der Waals surface area contributed by atoms with Gasteiger partial charge in [0.1, 0.15) is 5.52 Å². The highest BCUT2D eigenvalue weighted by Crippen LogP contribution is 2.28. The van der Waals surface area contributed by atoms with Gasteiger partial charge in [0, 0.05) is 31.2 Å². The van der Waals surface area contributed by atoms with Crippen molar-refractivity contribution in [1.29, 1.82) is 0 Å². The number of nitrogens with zero attached hydrogens (tertiary/aromatic N) is 3. The molecule has 2 aromatic carbocycles. The van der Waals surface area contributed by atoms with E-state index in [2.05, 4.69) is 26.0 Å². The monoisotopic (exact) mass is 440 g/mol. The molecule has 0 radical (unpaired) electrons. The summed E-state index contributed by atoms with van der Waals surface area (Å²) in [6.07, 6.45) is 5.41. The fourth-order valence-electron chi connectivity index (χ4n) is 3.39. The van der Waals surface area contributed by atoms with Crippen LogP contribution in [0.2, 0.25) is 5.02 Å². The van der Waals surface area contributed by atoms with Crippen LogP contribution in [0.15, 0.2) is 52.1 Å². The van der Waals surface area contributed by atoms with Crippen molar-refractivity contribution in [2.24, 2.45) is 0 Å². The first kappa shape index (κ1) is 20.6. The summed E-state index contributed by atoms with van der Waals surface area (Å²) in [5.41, 5.74) is 3.15. The first-order chi connectivity index (χ1) is 14.6. The number of carbonyl (C=O) groups is 1. The number of aromatic nitrogens is 1. The molecule has 0 unspecified atom stereocenters. The number of hydrogen-bond acceptors (Lipinski definition) is 6. The largest absolute Gasteiger partial charge is 0.431 e. The number of terminal acetylenes is 1. The van der Waals surface area contributed by atoms with Crippen molar-refractivity contribution >= 4 is 51.7 Å². The minimum Gasteiger partial charge on any atom is -0.431 e. The predicted molar refractivity (Wildman–Crippen MR) is 122 cm³/mol. The molecule has 0 bridgehead atoms. The number of hydrogen-bond donors (Lipinski definition) is 1. The van der Waals surface area contributed by atoms with E-state index in [0.29, 0.717) is 27.9 Å². The Morgan fingerprint density at radius 1 is 1.23 bits per heavy atom. The maximum atomic E-state index is 12.6. The zero-order valence-corrected chi connectivity index (χ0v) is 17.9. The Labute approximate surface area is 184 Å². The fourth-order valence-corrected chi connectivity index (χ4v) is 4.19. The molecule has 1 aliphatic heterocycles. The number of carbonyl (C=O) groups excluding carboxylic acids is 1. The lowest BCUT2D eigenvalue weighted by Gasteiger charge is -2.36. The van der Waals surface area contributed by atoms with Crippen LogP contribution in [0, 0.1) is 12.3 Å². The number of benzene rings is 2. The van der Waals surface area contributed by atoms with Gasteiger partial charge in [-0.1, -0.05) is 41.4 Å². The lowest BCUT2D eigenvalue weighted by Crippen LogP contribution is -2.46. The highest BCUT2D eigenvalue weighted by molar-refractivity contribution is 7.99. The second-order valence-electron chi connectivity index (χ2n) is 6.91. The van der Waals surface area contributed by atoms with E-state index in [0.717, 1.165) is 37.6 Å². The molecule has 2 heterocycles. The molecular formula is C22H21ClN4O2S. The summed E-state index contributed by atoms with van der Waals surface area (Å²) in [5.74, 6) is 2.78. The molecule has 4 rings (SSSR count). The first-order valence-electron chi connectivity index (χ1n) is 9.61. The van der Waals surface area contributed by atoms with Crippen LogP contribution in [-0.2, 0) is 4.79 Å². The predicted octanol–water partition coefficient (Wildman–Crippen LogP) is 3.97. The molecule has 0 aliphatic carbocycles. The van der Waals surface area contributed by atoms with Gasteiger partial charge < -0.3 is 14.6 Å². The van der Waals surface area contributed by atoms with Crippen molar-refractivity contribution in [3.8, 4) is 12.3 Å². The fraction of sp³-hybridized carbons (Fsp3) is 0.273. The van der Waals surface area contributed by atoms with Crippen molar-refractivity contribution in [2.75, 3.05) is 48.7 Å². The summed E-state index contributed by atoms with van der Waals surface area (Å²) in [7, 11) is 0. The molecule has 1 saturated heterocycles. The minimum atomic E-state index is -0.112. The van der Waals surface area contributed by atoms with Gasteiger partial charge >= 0.3 is 0 Å². The number of piperazine rings is 1. The van der Waals surface area contributed by atoms with Gasteiger partial charge in [-0.05, 0) is 30.3 Å². The average Bonchev–Trinajstić information content (AvgIpc) is 3.16. The number of fused-ring (bicyclic) bond motifs is 1. The van der Waals surface area contributed by atoms with Gasteiger partial charge in [-0.15, -0.1) is 6.42 Å². The Morgan fingerprint density at radius 2 is 2.03 bits per heavy atom. The normalized spacial score (nSPS) is 14.6. The SMILES string of the molecule is C#CCN1CCN(c2ccccc2NC(=O)CSc2nc3cc(Cl)ccc3o2)CC1. The molecular weight excluding hydrogens is 420 g/mol. The van der Waals surface area contributed by atoms with Gasteiger partial charge in [0.2, 0.25) is 5.91 Å². The molecule has 3 aromatic rings. The van der Waals surface area contributed by atoms with E-state index in [9.17, 15) is 4.79 Å². The summed E-state index contributed by atoms with van der Waals surface area (Å²) in [5, 5.41) is 4.06. The Bertz CT molecular complexity index is 1090. The molecule has 0 saturated carbocycles. The summed E-state index contributed by atoms with van der Waals surface area (Å²) in [6, 6.07) is 13.1. The highest BCUT2D eigenvalue weighted by atomic mass is 35.5. The van der Waals surface area contributed by atoms with E-state index in [1.807, 2.05) is 24.3 Å². The van der Waals surface area contributed by atoms with Crippen molar-refractivity contribution in [3.05, 3.63) is 47.5 Å². The van der Waals surface area contributed by atoms with Gasteiger partial charge in [-0.25, -0.2) is 4.98 Å². The van der Waals surface area contributed by atoms with E-state index in [1.54, 1.807) is 18.2 Å². The summed E-state index contributed by atoms with van der Waals surface area (Å²) >= 11 is 7.23. The Morgan fingerprint density at radius 3 is 2.83 bits per heavy atom. The van der Waals surface area contributed by atoms with E-state index in [4.69, 9.17) is 22.4 Å². The number of anilines is 2. The highest BCUT2D eigenvalue weighted by Gasteiger charge is 2.19. The molecule has 0 spiro atoms. The second-order valence-corrected chi connectivity index (χ2v) is 8.28. The maximum absolute atomic E-state index is 12.6. The van der Waals surface area contributed by atoms with Crippen LogP contribution in [0.5, 0.6) is 0 Å². The third-order valence-corrected chi connectivity index (χ3v) is 5.93. The van der Waals surface area contributed by atoms with Crippen LogP contribution in [0.4, 0.5) is 11.4 Å². The number of nitrogens with one attached hydrogen (secondary N) is 1. The molecule has 1 aliphatic rings. The Balaban J connectivity index is 1.37. The van der Waals surface area contributed by atoms with Crippen molar-refractivity contribution < 1.29 is 9.21 Å². The molecule has 1 amide bonds. The Hall–Kier alpha value is -2.66. The van der Waals surface area contributed by atoms with E-state index < -0.39 is 0 Å². The smallest absolute Gasteiger partial charge is 0.257 e. The first-order valence-corrected chi connectivity index (χ1v) is 11.0. The van der Waals surface area contributed by atoms with Crippen LogP contribution in [0.3, 0.4) is 0 Å². The third kappa shape index (κ3) is 4.90. The van der Waals surface area contributed by atoms with Crippen LogP contribution < -0.4 is 10.2 Å². The number of para-hydroxylation sites is 2. The maximum Gasteiger partial charge on any atom is 0.257 e. The number of rotatable bonds is 6. The van der Waals surface area contributed by atoms with Crippen LogP contribution in [0.25, 0.3) is 11.1 Å². The average molecular weight is 441 g/mol. The lowest BCUT2D eigenvalue weighted by molar-refractivity contribution is -0.113. The lowest BCUT2D eigenvalue weighted by atomic mass is 10.2. The molecule has 154 valence electrons. The van der Waals surface area contributed by atoms with Crippen molar-refractivity contribution in [1.82, 2.24) is 9.88 Å². The summed E-state index contributed by atoms with van der Waals surface area (Å²) in [6.45, 7) is 4.23. The zero-order chi connectivity index (χ0) is 20.9. The molecule has 0 atom stereocenters. The molecule has 8 heteroatoms. The number of halogens is 1. The Kier molecular flexibility index (Phi) is 6.48. The standard InChI is InChI=1S/C22H21ClN4O2S/c1-2-9-26-10-12-27(13-11-26)19-6-4-3-5-17(19)24-21(28)15-30-22-25-18-14-16(23)7-8-20(18)29-22/h1,3-8,14H,9-13,15H2,(H,24,28). The van der Waals surface area contributed by atoms with Gasteiger partial charge in [-0.2, -0.15) is 0 Å². The number of thioether (sulfide) groups is 1. The van der Waals surface area contributed by atoms with E-state index in [1.165, 1.54) is 11.8 Å². The summed E-state index contributed by atoms with van der Waals surface area (Å²) < 4.78 is 5.66. The van der Waals surface area contributed by atoms with E-state index >= 15 is 0 Å². The summed E-state index contributed by atoms with van der Waals surface area (Å²) in [4.78, 5) is 21.5. The van der Waals surface area contributed by atoms with Gasteiger partial charge in [0.05, 0.1) is 23.7 Å². The third-order valence-electron chi connectivity index (χ3n) is 4.86. The molecule has 6 nitrogen and oxygen atoms in total. The van der Waals surface area contributed by atoms with Gasteiger partial charge in [-0.3, -0.25) is 9.69 Å². The number of amides is 1. The van der Waals surface area contributed by atoms with Crippen LogP contribution in [0.1, 0.15) is 0 Å². The second kappa shape index (κ2) is 9.43. The van der Waals surface area contributed by atoms with Gasteiger partial charge in [0.15, 0.2) is 5.58 Å². The molecule has 1 aromatic heterocycles. The van der Waals surface area contributed by atoms with Crippen LogP contribution >= 0.6 is 23.4 Å². The topological polar surface area (TPSA) is 61.6 Å². The molecule has 30 heavy (non-hydrogen) atoms. The van der Waals surface area contributed by atoms with Crippen LogP contribution in [-0.4, -0.2) is 54.3 Å². The number of oxazole rings is 1. The molecule has 1 fully saturated rings. The van der Waals surface area contributed by atoms with Crippen molar-refractivity contribution in [3.63, 3.8) is 0 Å². The van der Waals surface area contributed by atoms with Crippen molar-refractivity contribution in [2.45, 2.75) is 5.22 Å².